The minimum atomic E-state index is 0.371. The fourth-order valence-corrected chi connectivity index (χ4v) is 3.17. The third-order valence-corrected chi connectivity index (χ3v) is 4.33. The van der Waals surface area contributed by atoms with Gasteiger partial charge in [0.2, 0.25) is 0 Å². The van der Waals surface area contributed by atoms with Crippen molar-refractivity contribution >= 4 is 0 Å². The molecule has 1 N–H and O–H groups in total. The van der Waals surface area contributed by atoms with Crippen molar-refractivity contribution in [2.75, 3.05) is 13.1 Å². The molecule has 0 aromatic carbocycles. The molecule has 1 fully saturated rings. The van der Waals surface area contributed by atoms with Crippen LogP contribution in [0.3, 0.4) is 0 Å². The Morgan fingerprint density at radius 1 is 1.33 bits per heavy atom. The standard InChI is InChI=1S/C16H31N5/c1-6-14-9-20(15(8-17-14)7-12(2)3)10-16-18-11-19-21(16)13(4)5/h11-15,17H,6-10H2,1-5H3. The van der Waals surface area contributed by atoms with E-state index in [1.54, 1.807) is 6.33 Å². The number of hydrogen-bond donors (Lipinski definition) is 1. The second-order valence-corrected chi connectivity index (χ2v) is 6.94. The normalized spacial score (nSPS) is 24.1. The molecule has 2 rings (SSSR count). The first-order chi connectivity index (χ1) is 10.0. The van der Waals surface area contributed by atoms with Crippen molar-refractivity contribution in [3.63, 3.8) is 0 Å². The summed E-state index contributed by atoms with van der Waals surface area (Å²) in [6.07, 6.45) is 4.10. The highest BCUT2D eigenvalue weighted by atomic mass is 15.4. The highest BCUT2D eigenvalue weighted by Gasteiger charge is 2.28. The molecule has 0 amide bonds. The second-order valence-electron chi connectivity index (χ2n) is 6.94. The molecule has 2 unspecified atom stereocenters. The van der Waals surface area contributed by atoms with Gasteiger partial charge in [0, 0.05) is 31.2 Å². The molecule has 2 heterocycles. The van der Waals surface area contributed by atoms with Crippen molar-refractivity contribution < 1.29 is 0 Å². The Labute approximate surface area is 129 Å². The van der Waals surface area contributed by atoms with E-state index in [0.717, 1.165) is 31.4 Å². The Morgan fingerprint density at radius 2 is 2.10 bits per heavy atom. The molecule has 5 heteroatoms. The van der Waals surface area contributed by atoms with Crippen molar-refractivity contribution in [3.05, 3.63) is 12.2 Å². The fourth-order valence-electron chi connectivity index (χ4n) is 3.17. The number of nitrogens with zero attached hydrogens (tertiary/aromatic N) is 4. The van der Waals surface area contributed by atoms with Crippen LogP contribution < -0.4 is 5.32 Å². The molecule has 1 aromatic rings. The molecule has 5 nitrogen and oxygen atoms in total. The van der Waals surface area contributed by atoms with Crippen LogP contribution in [0.2, 0.25) is 0 Å². The van der Waals surface area contributed by atoms with E-state index in [9.17, 15) is 0 Å². The maximum atomic E-state index is 4.49. The summed E-state index contributed by atoms with van der Waals surface area (Å²) < 4.78 is 2.05. The minimum absolute atomic E-state index is 0.371. The number of aromatic nitrogens is 3. The summed E-state index contributed by atoms with van der Waals surface area (Å²) in [7, 11) is 0. The van der Waals surface area contributed by atoms with Crippen LogP contribution in [0, 0.1) is 5.92 Å². The topological polar surface area (TPSA) is 46.0 Å². The number of hydrogen-bond acceptors (Lipinski definition) is 4. The molecule has 0 spiro atoms. The van der Waals surface area contributed by atoms with Crippen molar-refractivity contribution in [1.29, 1.82) is 0 Å². The van der Waals surface area contributed by atoms with Crippen LogP contribution in [0.4, 0.5) is 0 Å². The van der Waals surface area contributed by atoms with Crippen LogP contribution in [0.15, 0.2) is 6.33 Å². The largest absolute Gasteiger partial charge is 0.311 e. The summed E-state index contributed by atoms with van der Waals surface area (Å²) in [5, 5.41) is 8.06. The monoisotopic (exact) mass is 293 g/mol. The van der Waals surface area contributed by atoms with Gasteiger partial charge in [-0.2, -0.15) is 5.10 Å². The van der Waals surface area contributed by atoms with Gasteiger partial charge in [-0.1, -0.05) is 20.8 Å². The summed E-state index contributed by atoms with van der Waals surface area (Å²) in [4.78, 5) is 7.09. The fraction of sp³-hybridized carbons (Fsp3) is 0.875. The Morgan fingerprint density at radius 3 is 2.71 bits per heavy atom. The molecule has 2 atom stereocenters. The lowest BCUT2D eigenvalue weighted by atomic mass is 9.98. The van der Waals surface area contributed by atoms with Crippen LogP contribution in [0.25, 0.3) is 0 Å². The quantitative estimate of drug-likeness (QED) is 0.875. The Kier molecular flexibility index (Phi) is 5.76. The van der Waals surface area contributed by atoms with E-state index in [-0.39, 0.29) is 0 Å². The van der Waals surface area contributed by atoms with Gasteiger partial charge in [-0.3, -0.25) is 4.90 Å². The summed E-state index contributed by atoms with van der Waals surface area (Å²) in [5.74, 6) is 1.82. The van der Waals surface area contributed by atoms with E-state index in [0.29, 0.717) is 18.1 Å². The summed E-state index contributed by atoms with van der Waals surface area (Å²) in [6, 6.07) is 1.57. The van der Waals surface area contributed by atoms with E-state index >= 15 is 0 Å². The van der Waals surface area contributed by atoms with Crippen molar-refractivity contribution in [1.82, 2.24) is 25.0 Å². The number of nitrogens with one attached hydrogen (secondary N) is 1. The molecule has 1 aromatic heterocycles. The maximum absolute atomic E-state index is 4.49. The van der Waals surface area contributed by atoms with Gasteiger partial charge < -0.3 is 5.32 Å². The van der Waals surface area contributed by atoms with Crippen molar-refractivity contribution in [2.45, 2.75) is 72.1 Å². The third-order valence-electron chi connectivity index (χ3n) is 4.33. The average Bonchev–Trinajstić information content (AvgIpc) is 2.88. The summed E-state index contributed by atoms with van der Waals surface area (Å²) in [5.41, 5.74) is 0. The SMILES string of the molecule is CCC1CN(Cc2ncnn2C(C)C)C(CC(C)C)CN1. The summed E-state index contributed by atoms with van der Waals surface area (Å²) in [6.45, 7) is 14.3. The van der Waals surface area contributed by atoms with E-state index in [1.807, 2.05) is 0 Å². The van der Waals surface area contributed by atoms with Crippen LogP contribution in [0.5, 0.6) is 0 Å². The maximum Gasteiger partial charge on any atom is 0.141 e. The average molecular weight is 293 g/mol. The van der Waals surface area contributed by atoms with E-state index in [2.05, 4.69) is 59.6 Å². The molecule has 21 heavy (non-hydrogen) atoms. The van der Waals surface area contributed by atoms with Gasteiger partial charge in [0.05, 0.1) is 6.54 Å². The number of piperazine rings is 1. The molecule has 0 aliphatic carbocycles. The van der Waals surface area contributed by atoms with Gasteiger partial charge in [0.15, 0.2) is 0 Å². The van der Waals surface area contributed by atoms with Crippen LogP contribution in [-0.2, 0) is 6.54 Å². The highest BCUT2D eigenvalue weighted by molar-refractivity contribution is 4.92. The molecular formula is C16H31N5. The minimum Gasteiger partial charge on any atom is -0.311 e. The summed E-state index contributed by atoms with van der Waals surface area (Å²) >= 11 is 0. The Hall–Kier alpha value is -0.940. The van der Waals surface area contributed by atoms with E-state index in [1.165, 1.54) is 12.8 Å². The molecule has 0 radical (unpaired) electrons. The zero-order valence-electron chi connectivity index (χ0n) is 14.2. The van der Waals surface area contributed by atoms with Crippen molar-refractivity contribution in [3.8, 4) is 0 Å². The third kappa shape index (κ3) is 4.27. The predicted molar refractivity (Wildman–Crippen MR) is 86.1 cm³/mol. The molecule has 1 aliphatic rings. The van der Waals surface area contributed by atoms with E-state index < -0.39 is 0 Å². The first-order valence-corrected chi connectivity index (χ1v) is 8.37. The second kappa shape index (κ2) is 7.36. The molecule has 120 valence electrons. The Balaban J connectivity index is 2.09. The van der Waals surface area contributed by atoms with Crippen molar-refractivity contribution in [2.24, 2.45) is 5.92 Å². The van der Waals surface area contributed by atoms with Gasteiger partial charge in [-0.05, 0) is 32.6 Å². The van der Waals surface area contributed by atoms with Crippen LogP contribution >= 0.6 is 0 Å². The van der Waals surface area contributed by atoms with Gasteiger partial charge in [0.1, 0.15) is 12.2 Å². The first kappa shape index (κ1) is 16.4. The number of rotatable bonds is 6. The van der Waals surface area contributed by atoms with Gasteiger partial charge in [-0.25, -0.2) is 9.67 Å². The Bertz CT molecular complexity index is 426. The van der Waals surface area contributed by atoms with Crippen LogP contribution in [-0.4, -0.2) is 44.8 Å². The molecular weight excluding hydrogens is 262 g/mol. The van der Waals surface area contributed by atoms with Crippen LogP contribution in [0.1, 0.15) is 59.3 Å². The lowest BCUT2D eigenvalue weighted by Gasteiger charge is -2.41. The molecule has 1 saturated heterocycles. The predicted octanol–water partition coefficient (Wildman–Crippen LogP) is 2.46. The van der Waals surface area contributed by atoms with E-state index in [4.69, 9.17) is 0 Å². The van der Waals surface area contributed by atoms with Gasteiger partial charge >= 0.3 is 0 Å². The molecule has 0 saturated carbocycles. The molecule has 0 bridgehead atoms. The zero-order chi connectivity index (χ0) is 15.4. The molecule has 1 aliphatic heterocycles. The van der Waals surface area contributed by atoms with Gasteiger partial charge in [0.25, 0.3) is 0 Å². The smallest absolute Gasteiger partial charge is 0.141 e. The zero-order valence-corrected chi connectivity index (χ0v) is 14.2. The lowest BCUT2D eigenvalue weighted by Crippen LogP contribution is -2.56. The highest BCUT2D eigenvalue weighted by Crippen LogP contribution is 2.19. The first-order valence-electron chi connectivity index (χ1n) is 8.37. The lowest BCUT2D eigenvalue weighted by molar-refractivity contribution is 0.100. The van der Waals surface area contributed by atoms with Gasteiger partial charge in [-0.15, -0.1) is 0 Å².